The number of hydrogen-bond donors (Lipinski definition) is 1. The van der Waals surface area contributed by atoms with Crippen LogP contribution in [-0.4, -0.2) is 34.1 Å². The Bertz CT molecular complexity index is 641. The molecule has 5 heteroatoms. The summed E-state index contributed by atoms with van der Waals surface area (Å²) in [4.78, 5) is 14.7. The highest BCUT2D eigenvalue weighted by molar-refractivity contribution is 7.08. The number of nitrogens with zero attached hydrogens (tertiary/aromatic N) is 2. The molecule has 0 bridgehead atoms. The van der Waals surface area contributed by atoms with E-state index in [4.69, 9.17) is 0 Å². The maximum absolute atomic E-state index is 12.6. The maximum atomic E-state index is 12.6. The number of hydrogen-bond acceptors (Lipinski definition) is 3. The van der Waals surface area contributed by atoms with Crippen LogP contribution in [0.2, 0.25) is 0 Å². The third kappa shape index (κ3) is 2.29. The molecule has 0 radical (unpaired) electrons. The quantitative estimate of drug-likeness (QED) is 0.927. The Kier molecular flexibility index (Phi) is 3.30. The number of rotatable bonds is 2. The first-order valence-electron chi connectivity index (χ1n) is 7.70. The van der Waals surface area contributed by atoms with Crippen LogP contribution in [0.25, 0.3) is 11.3 Å². The van der Waals surface area contributed by atoms with Gasteiger partial charge in [0.25, 0.3) is 0 Å². The maximum Gasteiger partial charge on any atom is 0.226 e. The normalized spacial score (nSPS) is 21.5. The molecular formula is C16H19N3OS. The van der Waals surface area contributed by atoms with Crippen molar-refractivity contribution in [1.29, 1.82) is 0 Å². The largest absolute Gasteiger partial charge is 0.342 e. The van der Waals surface area contributed by atoms with Crippen LogP contribution >= 0.6 is 11.3 Å². The summed E-state index contributed by atoms with van der Waals surface area (Å²) in [5.74, 6) is 0.501. The van der Waals surface area contributed by atoms with Crippen LogP contribution in [0, 0.1) is 5.92 Å². The van der Waals surface area contributed by atoms with Gasteiger partial charge in [-0.3, -0.25) is 9.89 Å². The summed E-state index contributed by atoms with van der Waals surface area (Å²) >= 11 is 1.69. The molecule has 4 nitrogen and oxygen atoms in total. The van der Waals surface area contributed by atoms with E-state index in [0.717, 1.165) is 50.9 Å². The zero-order valence-electron chi connectivity index (χ0n) is 12.0. The van der Waals surface area contributed by atoms with Crippen LogP contribution in [0.4, 0.5) is 0 Å². The number of amides is 1. The fourth-order valence-electron chi connectivity index (χ4n) is 3.54. The molecule has 0 saturated carbocycles. The molecule has 0 unspecified atom stereocenters. The summed E-state index contributed by atoms with van der Waals surface area (Å²) in [6.45, 7) is 1.90. The summed E-state index contributed by atoms with van der Waals surface area (Å²) < 4.78 is 0. The highest BCUT2D eigenvalue weighted by atomic mass is 32.1. The van der Waals surface area contributed by atoms with Crippen molar-refractivity contribution in [2.75, 3.05) is 13.1 Å². The van der Waals surface area contributed by atoms with Crippen LogP contribution in [0.3, 0.4) is 0 Å². The lowest BCUT2D eigenvalue weighted by atomic mass is 9.85. The van der Waals surface area contributed by atoms with Crippen molar-refractivity contribution >= 4 is 17.2 Å². The third-order valence-electron chi connectivity index (χ3n) is 4.71. The lowest BCUT2D eigenvalue weighted by Crippen LogP contribution is -2.36. The first-order valence-corrected chi connectivity index (χ1v) is 8.64. The predicted octanol–water partition coefficient (Wildman–Crippen LogP) is 2.87. The molecule has 110 valence electrons. The number of carbonyl (C=O) groups excluding carboxylic acids is 1. The zero-order valence-corrected chi connectivity index (χ0v) is 12.8. The van der Waals surface area contributed by atoms with Gasteiger partial charge in [0.05, 0.1) is 5.69 Å². The second-order valence-electron chi connectivity index (χ2n) is 6.01. The molecule has 1 aliphatic carbocycles. The second kappa shape index (κ2) is 5.30. The van der Waals surface area contributed by atoms with Crippen LogP contribution in [0.5, 0.6) is 0 Å². The number of H-pyrrole nitrogens is 1. The highest BCUT2D eigenvalue weighted by Crippen LogP contribution is 2.33. The minimum absolute atomic E-state index is 0.144. The minimum Gasteiger partial charge on any atom is -0.342 e. The topological polar surface area (TPSA) is 49.0 Å². The molecule has 1 aliphatic heterocycles. The Morgan fingerprint density at radius 3 is 3.00 bits per heavy atom. The number of thiophene rings is 1. The Morgan fingerprint density at radius 1 is 1.38 bits per heavy atom. The molecule has 0 aromatic carbocycles. The molecule has 0 spiro atoms. The van der Waals surface area contributed by atoms with Gasteiger partial charge in [-0.1, -0.05) is 0 Å². The summed E-state index contributed by atoms with van der Waals surface area (Å²) in [6.07, 6.45) is 5.06. The molecule has 1 saturated heterocycles. The molecule has 1 fully saturated rings. The lowest BCUT2D eigenvalue weighted by molar-refractivity contribution is -0.134. The molecule has 1 N–H and O–H groups in total. The lowest BCUT2D eigenvalue weighted by Gasteiger charge is -2.26. The van der Waals surface area contributed by atoms with Gasteiger partial charge in [0, 0.05) is 41.2 Å². The van der Waals surface area contributed by atoms with E-state index in [-0.39, 0.29) is 5.92 Å². The van der Waals surface area contributed by atoms with Gasteiger partial charge >= 0.3 is 0 Å². The molecule has 2 aromatic heterocycles. The number of aromatic amines is 1. The molecule has 1 atom stereocenters. The van der Waals surface area contributed by atoms with E-state index in [1.54, 1.807) is 11.3 Å². The molecule has 4 rings (SSSR count). The van der Waals surface area contributed by atoms with Crippen molar-refractivity contribution in [2.24, 2.45) is 5.92 Å². The first-order chi connectivity index (χ1) is 10.3. The van der Waals surface area contributed by atoms with E-state index in [1.165, 1.54) is 16.8 Å². The molecule has 2 aliphatic rings. The summed E-state index contributed by atoms with van der Waals surface area (Å²) in [7, 11) is 0. The van der Waals surface area contributed by atoms with Crippen LogP contribution < -0.4 is 0 Å². The smallest absolute Gasteiger partial charge is 0.226 e. The predicted molar refractivity (Wildman–Crippen MR) is 83.2 cm³/mol. The Morgan fingerprint density at radius 2 is 2.24 bits per heavy atom. The fraction of sp³-hybridized carbons (Fsp3) is 0.500. The van der Waals surface area contributed by atoms with E-state index >= 15 is 0 Å². The van der Waals surface area contributed by atoms with E-state index in [2.05, 4.69) is 31.9 Å². The van der Waals surface area contributed by atoms with Crippen molar-refractivity contribution in [3.8, 4) is 11.3 Å². The summed E-state index contributed by atoms with van der Waals surface area (Å²) in [5.41, 5.74) is 4.70. The summed E-state index contributed by atoms with van der Waals surface area (Å²) in [5, 5.41) is 11.9. The van der Waals surface area contributed by atoms with E-state index in [0.29, 0.717) is 5.91 Å². The molecule has 2 aromatic rings. The van der Waals surface area contributed by atoms with Gasteiger partial charge in [0.15, 0.2) is 0 Å². The summed E-state index contributed by atoms with van der Waals surface area (Å²) in [6, 6.07) is 2.10. The van der Waals surface area contributed by atoms with E-state index in [1.807, 2.05) is 0 Å². The molecule has 1 amide bonds. The number of carbonyl (C=O) groups is 1. The van der Waals surface area contributed by atoms with Crippen LogP contribution in [0.15, 0.2) is 16.8 Å². The van der Waals surface area contributed by atoms with Gasteiger partial charge in [-0.05, 0) is 43.6 Å². The van der Waals surface area contributed by atoms with Gasteiger partial charge in [-0.25, -0.2) is 0 Å². The SMILES string of the molecule is O=C([C@H]1CCc2[nH]nc(-c3ccsc3)c2C1)N1CCCC1. The molecule has 3 heterocycles. The Labute approximate surface area is 128 Å². The number of fused-ring (bicyclic) bond motifs is 1. The Balaban J connectivity index is 1.59. The zero-order chi connectivity index (χ0) is 14.2. The van der Waals surface area contributed by atoms with Crippen LogP contribution in [-0.2, 0) is 17.6 Å². The molecule has 21 heavy (non-hydrogen) atoms. The van der Waals surface area contributed by atoms with Crippen molar-refractivity contribution in [1.82, 2.24) is 15.1 Å². The van der Waals surface area contributed by atoms with E-state index in [9.17, 15) is 4.79 Å². The molecular weight excluding hydrogens is 282 g/mol. The average Bonchev–Trinajstić information content (AvgIpc) is 3.25. The van der Waals surface area contributed by atoms with Crippen molar-refractivity contribution in [3.63, 3.8) is 0 Å². The number of likely N-dealkylation sites (tertiary alicyclic amines) is 1. The minimum atomic E-state index is 0.144. The van der Waals surface area contributed by atoms with E-state index < -0.39 is 0 Å². The van der Waals surface area contributed by atoms with Gasteiger partial charge in [-0.2, -0.15) is 16.4 Å². The number of aryl methyl sites for hydroxylation is 1. The van der Waals surface area contributed by atoms with Gasteiger partial charge < -0.3 is 4.90 Å². The number of nitrogens with one attached hydrogen (secondary N) is 1. The van der Waals surface area contributed by atoms with Crippen molar-refractivity contribution in [3.05, 3.63) is 28.1 Å². The van der Waals surface area contributed by atoms with Crippen molar-refractivity contribution in [2.45, 2.75) is 32.1 Å². The number of aromatic nitrogens is 2. The first kappa shape index (κ1) is 13.1. The van der Waals surface area contributed by atoms with Crippen molar-refractivity contribution < 1.29 is 4.79 Å². The third-order valence-corrected chi connectivity index (χ3v) is 5.39. The monoisotopic (exact) mass is 301 g/mol. The van der Waals surface area contributed by atoms with Crippen LogP contribution in [0.1, 0.15) is 30.5 Å². The van der Waals surface area contributed by atoms with Gasteiger partial charge in [0.2, 0.25) is 5.91 Å². The standard InChI is InChI=1S/C16H19N3OS/c20-16(19-6-1-2-7-19)11-3-4-14-13(9-11)15(18-17-14)12-5-8-21-10-12/h5,8,10-11H,1-4,6-7,9H2,(H,17,18)/t11-/m0/s1. The second-order valence-corrected chi connectivity index (χ2v) is 6.79. The highest BCUT2D eigenvalue weighted by Gasteiger charge is 2.32. The Hall–Kier alpha value is -1.62. The van der Waals surface area contributed by atoms with Gasteiger partial charge in [-0.15, -0.1) is 0 Å². The fourth-order valence-corrected chi connectivity index (χ4v) is 4.18. The van der Waals surface area contributed by atoms with Gasteiger partial charge in [0.1, 0.15) is 0 Å². The average molecular weight is 301 g/mol.